The number of carbonyl (C=O) groups is 1. The van der Waals surface area contributed by atoms with Gasteiger partial charge in [-0.3, -0.25) is 4.79 Å². The fourth-order valence-corrected chi connectivity index (χ4v) is 6.16. The monoisotopic (exact) mass is 387 g/mol. The smallest absolute Gasteiger partial charge is 0.256 e. The maximum absolute atomic E-state index is 15.0. The minimum Gasteiger partial charge on any atom is -0.496 e. The Balaban J connectivity index is 1.56. The third-order valence-corrected chi connectivity index (χ3v) is 6.34. The zero-order valence-electron chi connectivity index (χ0n) is 14.5. The van der Waals surface area contributed by atoms with Crippen molar-refractivity contribution in [1.82, 2.24) is 5.32 Å². The average Bonchev–Trinajstić information content (AvgIpc) is 2.47. The maximum Gasteiger partial charge on any atom is 0.256 e. The molecule has 142 valence electrons. The first kappa shape index (κ1) is 18.0. The van der Waals surface area contributed by atoms with Crippen LogP contribution in [0.15, 0.2) is 18.2 Å². The van der Waals surface area contributed by atoms with E-state index in [1.807, 2.05) is 0 Å². The predicted molar refractivity (Wildman–Crippen MR) is 92.0 cm³/mol. The minimum atomic E-state index is -1.83. The first-order chi connectivity index (χ1) is 12.1. The number of methoxy groups -OCH3 is 1. The number of halogens is 4. The summed E-state index contributed by atoms with van der Waals surface area (Å²) in [5, 5.41) is 2.94. The molecule has 3 nitrogen and oxygen atoms in total. The van der Waals surface area contributed by atoms with Crippen molar-refractivity contribution in [1.29, 1.82) is 0 Å². The highest BCUT2D eigenvalue weighted by atomic mass is 35.5. The van der Waals surface area contributed by atoms with Crippen LogP contribution in [0, 0.1) is 5.41 Å². The minimum absolute atomic E-state index is 0.0171. The summed E-state index contributed by atoms with van der Waals surface area (Å²) in [6.07, 6.45) is -0.467. The number of hydrogen-bond donors (Lipinski definition) is 1. The van der Waals surface area contributed by atoms with Gasteiger partial charge in [-0.2, -0.15) is 0 Å². The molecule has 4 bridgehead atoms. The number of amides is 1. The van der Waals surface area contributed by atoms with Gasteiger partial charge < -0.3 is 10.1 Å². The molecule has 0 aromatic heterocycles. The lowest BCUT2D eigenvalue weighted by molar-refractivity contribution is -0.214. The number of benzene rings is 1. The summed E-state index contributed by atoms with van der Waals surface area (Å²) in [6, 6.07) is 4.83. The van der Waals surface area contributed by atoms with Gasteiger partial charge in [-0.1, -0.05) is 17.7 Å². The van der Waals surface area contributed by atoms with Crippen molar-refractivity contribution in [3.8, 4) is 5.75 Å². The van der Waals surface area contributed by atoms with Gasteiger partial charge in [0.25, 0.3) is 5.91 Å². The van der Waals surface area contributed by atoms with Gasteiger partial charge in [0.1, 0.15) is 22.8 Å². The fourth-order valence-electron chi connectivity index (χ4n) is 5.91. The molecular weight excluding hydrogens is 367 g/mol. The highest BCUT2D eigenvalue weighted by molar-refractivity contribution is 6.34. The molecule has 0 atom stereocenters. The van der Waals surface area contributed by atoms with E-state index in [1.165, 1.54) is 7.11 Å². The molecule has 4 aliphatic rings. The Bertz CT molecular complexity index is 718. The molecule has 1 aromatic rings. The Morgan fingerprint density at radius 1 is 1.08 bits per heavy atom. The lowest BCUT2D eigenvalue weighted by atomic mass is 9.46. The van der Waals surface area contributed by atoms with Gasteiger partial charge in [0, 0.05) is 25.8 Å². The van der Waals surface area contributed by atoms with Crippen molar-refractivity contribution in [2.45, 2.75) is 55.5 Å². The molecule has 0 spiro atoms. The first-order valence-corrected chi connectivity index (χ1v) is 9.14. The van der Waals surface area contributed by atoms with Crippen LogP contribution in [0.2, 0.25) is 5.02 Å². The van der Waals surface area contributed by atoms with E-state index in [0.29, 0.717) is 5.75 Å². The van der Waals surface area contributed by atoms with Crippen LogP contribution in [-0.4, -0.2) is 36.6 Å². The van der Waals surface area contributed by atoms with Crippen molar-refractivity contribution >= 4 is 17.5 Å². The quantitative estimate of drug-likeness (QED) is 0.821. The van der Waals surface area contributed by atoms with Crippen LogP contribution in [0.1, 0.15) is 48.9 Å². The molecule has 0 saturated heterocycles. The first-order valence-electron chi connectivity index (χ1n) is 8.77. The average molecular weight is 388 g/mol. The third kappa shape index (κ3) is 2.86. The van der Waals surface area contributed by atoms with E-state index in [0.717, 1.165) is 0 Å². The predicted octanol–water partition coefficient (Wildman–Crippen LogP) is 4.57. The highest BCUT2D eigenvalue weighted by Gasteiger charge is 2.70. The van der Waals surface area contributed by atoms with Crippen LogP contribution >= 0.6 is 11.6 Å². The molecule has 0 radical (unpaired) electrons. The molecule has 4 saturated carbocycles. The Kier molecular flexibility index (Phi) is 3.82. The molecule has 0 aliphatic heterocycles. The molecule has 4 aliphatic carbocycles. The normalized spacial score (nSPS) is 40.5. The number of nitrogens with one attached hydrogen (secondary N) is 1. The molecule has 4 fully saturated rings. The Hall–Kier alpha value is -1.43. The Morgan fingerprint density at radius 2 is 1.62 bits per heavy atom. The topological polar surface area (TPSA) is 38.3 Å². The van der Waals surface area contributed by atoms with Gasteiger partial charge in [0.15, 0.2) is 0 Å². The molecule has 0 heterocycles. The number of carbonyl (C=O) groups excluding carboxylic acids is 1. The zero-order valence-corrected chi connectivity index (χ0v) is 15.3. The number of hydrogen-bond acceptors (Lipinski definition) is 2. The second-order valence-corrected chi connectivity index (χ2v) is 8.92. The van der Waals surface area contributed by atoms with Crippen LogP contribution in [0.25, 0.3) is 0 Å². The summed E-state index contributed by atoms with van der Waals surface area (Å²) in [5.41, 5.74) is -6.22. The molecule has 5 rings (SSSR count). The summed E-state index contributed by atoms with van der Waals surface area (Å²) in [6.45, 7) is 0.0171. The van der Waals surface area contributed by atoms with Crippen molar-refractivity contribution < 1.29 is 22.7 Å². The van der Waals surface area contributed by atoms with E-state index in [2.05, 4.69) is 5.32 Å². The standard InChI is InChI=1S/C19H21ClF3NO2/c1-26-13-4-2-3-12(20)14(13)15(25)24-11-16-5-17(21)8-18(22,6-16)10-19(23,7-16)9-17/h2-4H,5-11H2,1H3,(H,24,25). The van der Waals surface area contributed by atoms with Crippen molar-refractivity contribution in [2.24, 2.45) is 5.41 Å². The van der Waals surface area contributed by atoms with Gasteiger partial charge in [0.05, 0.1) is 17.7 Å². The van der Waals surface area contributed by atoms with E-state index in [9.17, 15) is 4.79 Å². The molecule has 0 unspecified atom stereocenters. The van der Waals surface area contributed by atoms with Crippen LogP contribution in [0.3, 0.4) is 0 Å². The summed E-state index contributed by atoms with van der Waals surface area (Å²) in [5.74, 6) is -0.177. The molecule has 26 heavy (non-hydrogen) atoms. The second-order valence-electron chi connectivity index (χ2n) is 8.51. The van der Waals surface area contributed by atoms with E-state index < -0.39 is 28.3 Å². The lowest BCUT2D eigenvalue weighted by Crippen LogP contribution is -2.67. The summed E-state index contributed by atoms with van der Waals surface area (Å²) in [7, 11) is 1.42. The van der Waals surface area contributed by atoms with Crippen molar-refractivity contribution in [3.63, 3.8) is 0 Å². The second kappa shape index (κ2) is 5.54. The molecule has 1 N–H and O–H groups in total. The summed E-state index contributed by atoms with van der Waals surface area (Å²) < 4.78 is 50.2. The summed E-state index contributed by atoms with van der Waals surface area (Å²) >= 11 is 6.10. The van der Waals surface area contributed by atoms with E-state index >= 15 is 13.2 Å². The number of rotatable bonds is 4. The van der Waals surface area contributed by atoms with Crippen molar-refractivity contribution in [3.05, 3.63) is 28.8 Å². The van der Waals surface area contributed by atoms with E-state index in [4.69, 9.17) is 16.3 Å². The SMILES string of the molecule is COc1cccc(Cl)c1C(=O)NCC12CC3(F)CC(F)(CC(F)(C3)C1)C2. The van der Waals surface area contributed by atoms with Gasteiger partial charge >= 0.3 is 0 Å². The third-order valence-electron chi connectivity index (χ3n) is 6.02. The zero-order chi connectivity index (χ0) is 18.8. The number of ether oxygens (including phenoxy) is 1. The van der Waals surface area contributed by atoms with E-state index in [-0.39, 0.29) is 55.7 Å². The molecular formula is C19H21ClF3NO2. The fraction of sp³-hybridized carbons (Fsp3) is 0.632. The Morgan fingerprint density at radius 3 is 2.12 bits per heavy atom. The maximum atomic E-state index is 15.0. The van der Waals surface area contributed by atoms with Gasteiger partial charge in [-0.15, -0.1) is 0 Å². The Labute approximate surface area is 155 Å². The van der Waals surface area contributed by atoms with Crippen LogP contribution in [0.5, 0.6) is 5.75 Å². The molecule has 1 aromatic carbocycles. The lowest BCUT2D eigenvalue weighted by Gasteiger charge is -2.63. The van der Waals surface area contributed by atoms with Crippen LogP contribution < -0.4 is 10.1 Å². The highest BCUT2D eigenvalue weighted by Crippen LogP contribution is 2.67. The van der Waals surface area contributed by atoms with Gasteiger partial charge in [-0.25, -0.2) is 13.2 Å². The molecule has 7 heteroatoms. The largest absolute Gasteiger partial charge is 0.496 e. The number of alkyl halides is 3. The van der Waals surface area contributed by atoms with Crippen LogP contribution in [0.4, 0.5) is 13.2 Å². The summed E-state index contributed by atoms with van der Waals surface area (Å²) in [4.78, 5) is 12.6. The van der Waals surface area contributed by atoms with Gasteiger partial charge in [-0.05, 0) is 36.8 Å². The van der Waals surface area contributed by atoms with Crippen LogP contribution in [-0.2, 0) is 0 Å². The van der Waals surface area contributed by atoms with Crippen molar-refractivity contribution in [2.75, 3.05) is 13.7 Å². The molecule has 1 amide bonds. The van der Waals surface area contributed by atoms with Gasteiger partial charge in [0.2, 0.25) is 0 Å². The van der Waals surface area contributed by atoms with E-state index in [1.54, 1.807) is 18.2 Å².